The topological polar surface area (TPSA) is 69.6 Å². The van der Waals surface area contributed by atoms with Crippen molar-refractivity contribution in [1.29, 1.82) is 0 Å². The molecule has 2 aliphatic rings. The first-order valence-corrected chi connectivity index (χ1v) is 7.04. The molecule has 1 unspecified atom stereocenters. The zero-order valence-corrected chi connectivity index (χ0v) is 11.3. The number of carboxylic acids is 1. The molecule has 1 amide bonds. The van der Waals surface area contributed by atoms with E-state index < -0.39 is 11.9 Å². The number of aliphatic carboxylic acids is 1. The molecule has 1 fully saturated rings. The smallest absolute Gasteiger partial charge is 0.308 e. The molecule has 1 atom stereocenters. The standard InChI is InChI=1S/C15H18N2O3/c18-14(17-7-1-2-12(9-17)15(19)20)11-4-3-10-5-6-16-13(10)8-11/h3-4,8,12,16H,1-2,5-7,9H2,(H,19,20). The lowest BCUT2D eigenvalue weighted by atomic mass is 9.97. The molecule has 5 nitrogen and oxygen atoms in total. The maximum Gasteiger partial charge on any atom is 0.308 e. The molecular weight excluding hydrogens is 256 g/mol. The zero-order valence-electron chi connectivity index (χ0n) is 11.3. The van der Waals surface area contributed by atoms with E-state index in [-0.39, 0.29) is 5.91 Å². The van der Waals surface area contributed by atoms with Crippen LogP contribution in [0.1, 0.15) is 28.8 Å². The minimum Gasteiger partial charge on any atom is -0.481 e. The first-order chi connectivity index (χ1) is 9.65. The molecule has 2 heterocycles. The zero-order chi connectivity index (χ0) is 14.1. The van der Waals surface area contributed by atoms with E-state index in [1.54, 1.807) is 4.90 Å². The molecule has 2 aliphatic heterocycles. The Morgan fingerprint density at radius 2 is 2.20 bits per heavy atom. The van der Waals surface area contributed by atoms with Gasteiger partial charge in [-0.25, -0.2) is 0 Å². The van der Waals surface area contributed by atoms with E-state index >= 15 is 0 Å². The summed E-state index contributed by atoms with van der Waals surface area (Å²) in [5.41, 5.74) is 2.91. The lowest BCUT2D eigenvalue weighted by Gasteiger charge is -2.30. The van der Waals surface area contributed by atoms with Gasteiger partial charge in [-0.05, 0) is 37.0 Å². The van der Waals surface area contributed by atoms with Gasteiger partial charge in [-0.15, -0.1) is 0 Å². The summed E-state index contributed by atoms with van der Waals surface area (Å²) in [4.78, 5) is 25.2. The second kappa shape index (κ2) is 5.15. The van der Waals surface area contributed by atoms with Crippen molar-refractivity contribution in [1.82, 2.24) is 4.90 Å². The van der Waals surface area contributed by atoms with Gasteiger partial charge < -0.3 is 15.3 Å². The Kier molecular flexibility index (Phi) is 3.34. The molecule has 3 rings (SSSR count). The quantitative estimate of drug-likeness (QED) is 0.859. The number of hydrogen-bond donors (Lipinski definition) is 2. The third kappa shape index (κ3) is 2.35. The van der Waals surface area contributed by atoms with Gasteiger partial charge in [-0.1, -0.05) is 6.07 Å². The Hall–Kier alpha value is -2.04. The van der Waals surface area contributed by atoms with Crippen molar-refractivity contribution in [3.05, 3.63) is 29.3 Å². The molecule has 0 radical (unpaired) electrons. The fraction of sp³-hybridized carbons (Fsp3) is 0.467. The van der Waals surface area contributed by atoms with Gasteiger partial charge in [0.2, 0.25) is 0 Å². The van der Waals surface area contributed by atoms with Crippen molar-refractivity contribution in [2.75, 3.05) is 25.0 Å². The normalized spacial score (nSPS) is 21.2. The van der Waals surface area contributed by atoms with E-state index in [4.69, 9.17) is 5.11 Å². The molecular formula is C15H18N2O3. The van der Waals surface area contributed by atoms with Crippen LogP contribution in [-0.4, -0.2) is 41.5 Å². The van der Waals surface area contributed by atoms with Gasteiger partial charge in [0.05, 0.1) is 5.92 Å². The van der Waals surface area contributed by atoms with Gasteiger partial charge >= 0.3 is 5.97 Å². The number of carboxylic acid groups (broad SMARTS) is 1. The number of hydrogen-bond acceptors (Lipinski definition) is 3. The van der Waals surface area contributed by atoms with Gasteiger partial charge in [-0.2, -0.15) is 0 Å². The van der Waals surface area contributed by atoms with E-state index in [0.717, 1.165) is 25.1 Å². The van der Waals surface area contributed by atoms with Crippen LogP contribution in [-0.2, 0) is 11.2 Å². The van der Waals surface area contributed by atoms with E-state index in [2.05, 4.69) is 5.32 Å². The summed E-state index contributed by atoms with van der Waals surface area (Å²) in [7, 11) is 0. The molecule has 0 spiro atoms. The van der Waals surface area contributed by atoms with Crippen molar-refractivity contribution in [3.8, 4) is 0 Å². The molecule has 106 valence electrons. The van der Waals surface area contributed by atoms with Crippen molar-refractivity contribution in [2.24, 2.45) is 5.92 Å². The largest absolute Gasteiger partial charge is 0.481 e. The third-order valence-electron chi connectivity index (χ3n) is 4.12. The van der Waals surface area contributed by atoms with Crippen molar-refractivity contribution < 1.29 is 14.7 Å². The first-order valence-electron chi connectivity index (χ1n) is 7.04. The Balaban J connectivity index is 1.76. The van der Waals surface area contributed by atoms with Crippen molar-refractivity contribution in [2.45, 2.75) is 19.3 Å². The summed E-state index contributed by atoms with van der Waals surface area (Å²) in [6.07, 6.45) is 2.41. The highest BCUT2D eigenvalue weighted by Gasteiger charge is 2.29. The Bertz CT molecular complexity index is 556. The lowest BCUT2D eigenvalue weighted by Crippen LogP contribution is -2.42. The molecule has 0 saturated carbocycles. The van der Waals surface area contributed by atoms with E-state index in [1.165, 1.54) is 5.56 Å². The van der Waals surface area contributed by atoms with Crippen LogP contribution in [0.2, 0.25) is 0 Å². The lowest BCUT2D eigenvalue weighted by molar-refractivity contribution is -0.143. The molecule has 20 heavy (non-hydrogen) atoms. The highest BCUT2D eigenvalue weighted by Crippen LogP contribution is 2.25. The summed E-state index contributed by atoms with van der Waals surface area (Å²) in [5.74, 6) is -1.30. The van der Waals surface area contributed by atoms with Gasteiger partial charge in [0.15, 0.2) is 0 Å². The monoisotopic (exact) mass is 274 g/mol. The predicted octanol–water partition coefficient (Wildman–Crippen LogP) is 1.59. The number of benzene rings is 1. The molecule has 5 heteroatoms. The predicted molar refractivity (Wildman–Crippen MR) is 74.9 cm³/mol. The van der Waals surface area contributed by atoms with Gasteiger partial charge in [0.1, 0.15) is 0 Å². The summed E-state index contributed by atoms with van der Waals surface area (Å²) in [6, 6.07) is 5.72. The number of rotatable bonds is 2. The van der Waals surface area contributed by atoms with Crippen LogP contribution in [0.15, 0.2) is 18.2 Å². The number of likely N-dealkylation sites (tertiary alicyclic amines) is 1. The Morgan fingerprint density at radius 3 is 3.00 bits per heavy atom. The Labute approximate surface area is 117 Å². The van der Waals surface area contributed by atoms with E-state index in [1.807, 2.05) is 18.2 Å². The first kappa shape index (κ1) is 13.0. The SMILES string of the molecule is O=C(O)C1CCCN(C(=O)c2ccc3c(c2)NCC3)C1. The molecule has 0 aromatic heterocycles. The van der Waals surface area contributed by atoms with E-state index in [9.17, 15) is 9.59 Å². The van der Waals surface area contributed by atoms with E-state index in [0.29, 0.717) is 25.1 Å². The van der Waals surface area contributed by atoms with Crippen LogP contribution >= 0.6 is 0 Å². The van der Waals surface area contributed by atoms with Crippen LogP contribution in [0, 0.1) is 5.92 Å². The highest BCUT2D eigenvalue weighted by atomic mass is 16.4. The number of anilines is 1. The molecule has 1 aromatic carbocycles. The van der Waals surface area contributed by atoms with Crippen LogP contribution in [0.25, 0.3) is 0 Å². The summed E-state index contributed by atoms with van der Waals surface area (Å²) >= 11 is 0. The van der Waals surface area contributed by atoms with Gasteiger partial charge in [0.25, 0.3) is 5.91 Å². The molecule has 0 aliphatic carbocycles. The minimum absolute atomic E-state index is 0.0625. The summed E-state index contributed by atoms with van der Waals surface area (Å²) in [6.45, 7) is 1.88. The number of amides is 1. The summed E-state index contributed by atoms with van der Waals surface area (Å²) in [5, 5.41) is 12.3. The average Bonchev–Trinajstić information content (AvgIpc) is 2.94. The van der Waals surface area contributed by atoms with Crippen LogP contribution < -0.4 is 5.32 Å². The summed E-state index contributed by atoms with van der Waals surface area (Å²) < 4.78 is 0. The van der Waals surface area contributed by atoms with Crippen LogP contribution in [0.5, 0.6) is 0 Å². The maximum absolute atomic E-state index is 12.5. The second-order valence-electron chi connectivity index (χ2n) is 5.48. The number of carbonyl (C=O) groups excluding carboxylic acids is 1. The van der Waals surface area contributed by atoms with Crippen molar-refractivity contribution in [3.63, 3.8) is 0 Å². The number of nitrogens with zero attached hydrogens (tertiary/aromatic N) is 1. The molecule has 1 aromatic rings. The number of fused-ring (bicyclic) bond motifs is 1. The minimum atomic E-state index is -0.807. The van der Waals surface area contributed by atoms with Gasteiger partial charge in [0, 0.05) is 30.9 Å². The van der Waals surface area contributed by atoms with Gasteiger partial charge in [-0.3, -0.25) is 9.59 Å². The van der Waals surface area contributed by atoms with Crippen molar-refractivity contribution >= 4 is 17.6 Å². The number of nitrogens with one attached hydrogen (secondary N) is 1. The second-order valence-corrected chi connectivity index (χ2v) is 5.48. The highest BCUT2D eigenvalue weighted by molar-refractivity contribution is 5.95. The van der Waals surface area contributed by atoms with Crippen LogP contribution in [0.3, 0.4) is 0 Å². The fourth-order valence-corrected chi connectivity index (χ4v) is 2.97. The molecule has 1 saturated heterocycles. The number of piperidine rings is 1. The average molecular weight is 274 g/mol. The van der Waals surface area contributed by atoms with Crippen LogP contribution in [0.4, 0.5) is 5.69 Å². The number of carbonyl (C=O) groups is 2. The molecule has 0 bridgehead atoms. The third-order valence-corrected chi connectivity index (χ3v) is 4.12. The Morgan fingerprint density at radius 1 is 1.35 bits per heavy atom. The maximum atomic E-state index is 12.5. The molecule has 2 N–H and O–H groups in total. The fourth-order valence-electron chi connectivity index (χ4n) is 2.97.